The summed E-state index contributed by atoms with van der Waals surface area (Å²) in [5.74, 6) is -1.04. The fourth-order valence-electron chi connectivity index (χ4n) is 7.28. The van der Waals surface area contributed by atoms with Crippen molar-refractivity contribution in [3.05, 3.63) is 70.9 Å². The molecule has 0 heterocycles. The average molecular weight is 533 g/mol. The number of hydrogen-bond donors (Lipinski definition) is 0. The van der Waals surface area contributed by atoms with Crippen LogP contribution in [0.15, 0.2) is 70.9 Å². The van der Waals surface area contributed by atoms with E-state index in [0.717, 1.165) is 51.4 Å². The quantitative estimate of drug-likeness (QED) is 0.186. The van der Waals surface area contributed by atoms with E-state index in [0.29, 0.717) is 24.0 Å². The van der Waals surface area contributed by atoms with Gasteiger partial charge in [0.15, 0.2) is 0 Å². The van der Waals surface area contributed by atoms with Gasteiger partial charge in [0.2, 0.25) is 0 Å². The Morgan fingerprint density at radius 3 is 1.49 bits per heavy atom. The lowest BCUT2D eigenvalue weighted by Crippen LogP contribution is -2.38. The van der Waals surface area contributed by atoms with Gasteiger partial charge in [0, 0.05) is 24.7 Å². The van der Waals surface area contributed by atoms with E-state index in [-0.39, 0.29) is 29.2 Å². The Hall–Kier alpha value is -2.62. The third-order valence-electron chi connectivity index (χ3n) is 9.05. The summed E-state index contributed by atoms with van der Waals surface area (Å²) in [6.45, 7) is 12.9. The summed E-state index contributed by atoms with van der Waals surface area (Å²) in [5.41, 5.74) is 2.02. The van der Waals surface area contributed by atoms with Crippen molar-refractivity contribution in [3.63, 3.8) is 0 Å². The van der Waals surface area contributed by atoms with Crippen LogP contribution in [-0.2, 0) is 19.1 Å². The molecule has 0 saturated heterocycles. The average Bonchev–Trinajstić information content (AvgIpc) is 3.29. The lowest BCUT2D eigenvalue weighted by molar-refractivity contribution is -0.155. The van der Waals surface area contributed by atoms with Crippen LogP contribution in [0.25, 0.3) is 0 Å². The molecule has 4 nitrogen and oxygen atoms in total. The Morgan fingerprint density at radius 2 is 1.13 bits per heavy atom. The van der Waals surface area contributed by atoms with Crippen LogP contribution in [0.5, 0.6) is 0 Å². The largest absolute Gasteiger partial charge is 0.451 e. The second-order valence-corrected chi connectivity index (χ2v) is 12.6. The predicted octanol–water partition coefficient (Wildman–Crippen LogP) is 8.66. The van der Waals surface area contributed by atoms with E-state index in [4.69, 9.17) is 9.47 Å². The van der Waals surface area contributed by atoms with E-state index in [1.54, 1.807) is 0 Å². The van der Waals surface area contributed by atoms with E-state index in [1.807, 2.05) is 24.3 Å². The van der Waals surface area contributed by atoms with E-state index in [9.17, 15) is 9.59 Å². The predicted molar refractivity (Wildman–Crippen MR) is 158 cm³/mol. The second-order valence-electron chi connectivity index (χ2n) is 12.6. The van der Waals surface area contributed by atoms with Gasteiger partial charge >= 0.3 is 11.9 Å². The number of fused-ring (bicyclic) bond motifs is 2. The molecule has 4 aliphatic carbocycles. The highest BCUT2D eigenvalue weighted by Gasteiger charge is 2.56. The number of carbonyl (C=O) groups excluding carboxylic acids is 2. The Kier molecular flexibility index (Phi) is 8.93. The molecule has 0 aromatic carbocycles. The molecule has 39 heavy (non-hydrogen) atoms. The number of allylic oxidation sites excluding steroid dienone is 6. The van der Waals surface area contributed by atoms with Crippen LogP contribution in [-0.4, -0.2) is 23.1 Å². The van der Waals surface area contributed by atoms with Gasteiger partial charge in [-0.2, -0.15) is 0 Å². The van der Waals surface area contributed by atoms with Gasteiger partial charge in [0.05, 0.1) is 11.1 Å². The molecule has 0 radical (unpaired) electrons. The fraction of sp³-hybridized carbons (Fsp3) is 0.600. The third-order valence-corrected chi connectivity index (χ3v) is 9.05. The summed E-state index contributed by atoms with van der Waals surface area (Å²) in [6, 6.07) is 0. The van der Waals surface area contributed by atoms with Crippen molar-refractivity contribution < 1.29 is 19.1 Å². The molecule has 4 unspecified atom stereocenters. The van der Waals surface area contributed by atoms with Crippen LogP contribution in [0.4, 0.5) is 0 Å². The first-order chi connectivity index (χ1) is 18.6. The minimum Gasteiger partial charge on any atom is -0.451 e. The van der Waals surface area contributed by atoms with E-state index in [2.05, 4.69) is 65.8 Å². The lowest BCUT2D eigenvalue weighted by Gasteiger charge is -2.35. The number of rotatable bonds is 12. The molecule has 0 aromatic heterocycles. The molecule has 0 aliphatic heterocycles. The van der Waals surface area contributed by atoms with Crippen LogP contribution in [0.1, 0.15) is 106 Å². The molecule has 4 atom stereocenters. The van der Waals surface area contributed by atoms with E-state index >= 15 is 0 Å². The van der Waals surface area contributed by atoms with Crippen LogP contribution in [0, 0.1) is 17.3 Å². The summed E-state index contributed by atoms with van der Waals surface area (Å²) >= 11 is 0. The number of ether oxygens (including phenoxy) is 2. The maximum Gasteiger partial charge on any atom is 0.336 e. The molecule has 0 spiro atoms. The monoisotopic (exact) mass is 532 g/mol. The van der Waals surface area contributed by atoms with Gasteiger partial charge in [-0.1, -0.05) is 115 Å². The minimum absolute atomic E-state index is 0.158. The first kappa shape index (κ1) is 29.4. The molecular weight excluding hydrogens is 484 g/mol. The Morgan fingerprint density at radius 1 is 0.718 bits per heavy atom. The molecule has 0 N–H and O–H groups in total. The minimum atomic E-state index is -0.668. The van der Waals surface area contributed by atoms with Crippen LogP contribution in [0.3, 0.4) is 0 Å². The van der Waals surface area contributed by atoms with Crippen molar-refractivity contribution >= 4 is 11.9 Å². The molecule has 0 fully saturated rings. The molecule has 0 amide bonds. The normalized spacial score (nSPS) is 30.4. The highest BCUT2D eigenvalue weighted by molar-refractivity contribution is 6.04. The molecule has 212 valence electrons. The van der Waals surface area contributed by atoms with Gasteiger partial charge in [-0.05, 0) is 43.3 Å². The van der Waals surface area contributed by atoms with Gasteiger partial charge in [0.25, 0.3) is 0 Å². The molecule has 4 rings (SSSR count). The zero-order valence-corrected chi connectivity index (χ0v) is 25.0. The van der Waals surface area contributed by atoms with Crippen molar-refractivity contribution in [2.24, 2.45) is 17.3 Å². The highest BCUT2D eigenvalue weighted by Crippen LogP contribution is 2.57. The zero-order valence-electron chi connectivity index (χ0n) is 25.0. The summed E-state index contributed by atoms with van der Waals surface area (Å²) < 4.78 is 12.9. The van der Waals surface area contributed by atoms with Gasteiger partial charge < -0.3 is 9.47 Å². The van der Waals surface area contributed by atoms with Crippen molar-refractivity contribution in [2.45, 2.75) is 117 Å². The number of esters is 2. The van der Waals surface area contributed by atoms with Crippen LogP contribution < -0.4 is 0 Å². The SMILES string of the molecule is CCCC1=CC=CC(CCC)(OC(=O)C2=C(C(=O)OC3(CCC)C=CC=C(CCC)C3)C3C=CC2C3(C)C)C1. The smallest absolute Gasteiger partial charge is 0.336 e. The molecule has 4 aliphatic rings. The van der Waals surface area contributed by atoms with Gasteiger partial charge in [0.1, 0.15) is 11.2 Å². The van der Waals surface area contributed by atoms with Crippen molar-refractivity contribution in [3.8, 4) is 0 Å². The first-order valence-electron chi connectivity index (χ1n) is 15.3. The van der Waals surface area contributed by atoms with Crippen molar-refractivity contribution in [1.82, 2.24) is 0 Å². The summed E-state index contributed by atoms with van der Waals surface area (Å²) in [7, 11) is 0. The first-order valence-corrected chi connectivity index (χ1v) is 15.3. The Bertz CT molecular complexity index is 1060. The summed E-state index contributed by atoms with van der Waals surface area (Å²) in [4.78, 5) is 28.2. The fourth-order valence-corrected chi connectivity index (χ4v) is 7.28. The second kappa shape index (κ2) is 11.9. The zero-order chi connectivity index (χ0) is 28.3. The van der Waals surface area contributed by atoms with Crippen LogP contribution >= 0.6 is 0 Å². The molecular formula is C35H48O4. The summed E-state index contributed by atoms with van der Waals surface area (Å²) in [5, 5.41) is 0. The molecule has 0 aromatic rings. The van der Waals surface area contributed by atoms with Crippen molar-refractivity contribution in [1.29, 1.82) is 0 Å². The standard InChI is InChI=1S/C35H48O4/c1-7-13-25-15-11-21-34(23-25,19-9-3)38-31(36)29-27-17-18-28(33(27,5)6)30(29)32(37)39-35(20-10-4)22-12-16-26(24-35)14-8-2/h11-12,15-18,21-22,27-28H,7-10,13-14,19-20,23-24H2,1-6H3. The maximum absolute atomic E-state index is 14.1. The summed E-state index contributed by atoms with van der Waals surface area (Å²) in [6.07, 6.45) is 25.5. The molecule has 4 heteroatoms. The van der Waals surface area contributed by atoms with E-state index < -0.39 is 11.2 Å². The maximum atomic E-state index is 14.1. The van der Waals surface area contributed by atoms with Crippen molar-refractivity contribution in [2.75, 3.05) is 0 Å². The topological polar surface area (TPSA) is 52.6 Å². The lowest BCUT2D eigenvalue weighted by atomic mass is 9.77. The Balaban J connectivity index is 1.65. The molecule has 0 saturated carbocycles. The number of hydrogen-bond acceptors (Lipinski definition) is 4. The van der Waals surface area contributed by atoms with Gasteiger partial charge in [-0.15, -0.1) is 0 Å². The molecule has 2 bridgehead atoms. The highest BCUT2D eigenvalue weighted by atomic mass is 16.6. The third kappa shape index (κ3) is 5.81. The van der Waals surface area contributed by atoms with Gasteiger partial charge in [-0.25, -0.2) is 9.59 Å². The van der Waals surface area contributed by atoms with Crippen LogP contribution in [0.2, 0.25) is 0 Å². The Labute approximate surface area is 236 Å². The number of carbonyl (C=O) groups is 2. The van der Waals surface area contributed by atoms with E-state index in [1.165, 1.54) is 11.1 Å². The van der Waals surface area contributed by atoms with Gasteiger partial charge in [-0.3, -0.25) is 0 Å².